The summed E-state index contributed by atoms with van der Waals surface area (Å²) in [5.41, 5.74) is 0. The monoisotopic (exact) mass is 138 g/mol. The lowest BCUT2D eigenvalue weighted by Crippen LogP contribution is -2.14. The summed E-state index contributed by atoms with van der Waals surface area (Å²) >= 11 is 0. The molecule has 54 valence electrons. The van der Waals surface area contributed by atoms with Crippen LogP contribution in [0.4, 0.5) is 8.78 Å². The van der Waals surface area contributed by atoms with Crippen LogP contribution in [0.25, 0.3) is 0 Å². The first-order valence-corrected chi connectivity index (χ1v) is 2.52. The quantitative estimate of drug-likeness (QED) is 0.539. The van der Waals surface area contributed by atoms with Crippen molar-refractivity contribution in [3.63, 3.8) is 0 Å². The molecule has 9 heavy (non-hydrogen) atoms. The van der Waals surface area contributed by atoms with E-state index in [9.17, 15) is 13.6 Å². The predicted octanol–water partition coefficient (Wildman–Crippen LogP) is 1.41. The van der Waals surface area contributed by atoms with Crippen LogP contribution >= 0.6 is 0 Å². The van der Waals surface area contributed by atoms with Crippen LogP contribution in [-0.4, -0.2) is 12.6 Å². The van der Waals surface area contributed by atoms with Gasteiger partial charge >= 0.3 is 12.6 Å². The van der Waals surface area contributed by atoms with Gasteiger partial charge in [0.15, 0.2) is 0 Å². The first-order chi connectivity index (χ1) is 4.04. The Labute approximate surface area is 51.8 Å². The van der Waals surface area contributed by atoms with Crippen LogP contribution in [0.1, 0.15) is 13.8 Å². The van der Waals surface area contributed by atoms with Crippen molar-refractivity contribution in [2.24, 2.45) is 5.92 Å². The molecule has 0 saturated heterocycles. The Morgan fingerprint density at radius 2 is 1.89 bits per heavy atom. The summed E-state index contributed by atoms with van der Waals surface area (Å²) in [5.74, 6) is -1.36. The first-order valence-electron chi connectivity index (χ1n) is 2.52. The molecule has 0 aromatic carbocycles. The molecule has 0 atom stereocenters. The van der Waals surface area contributed by atoms with Gasteiger partial charge in [-0.1, -0.05) is 13.8 Å². The summed E-state index contributed by atoms with van der Waals surface area (Å²) < 4.78 is 25.9. The van der Waals surface area contributed by atoms with Crippen molar-refractivity contribution in [3.8, 4) is 0 Å². The van der Waals surface area contributed by atoms with E-state index in [4.69, 9.17) is 0 Å². The third-order valence-electron chi connectivity index (χ3n) is 0.677. The molecule has 0 fully saturated rings. The largest absolute Gasteiger partial charge is 0.403 e. The Bertz CT molecular complexity index is 101. The van der Waals surface area contributed by atoms with E-state index in [1.54, 1.807) is 0 Å². The molecule has 0 aliphatic heterocycles. The average Bonchev–Trinajstić information content (AvgIpc) is 1.63. The van der Waals surface area contributed by atoms with Gasteiger partial charge in [0.2, 0.25) is 0 Å². The molecular formula is C5H8F2O2. The molecular weight excluding hydrogens is 130 g/mol. The summed E-state index contributed by atoms with van der Waals surface area (Å²) in [5, 5.41) is 0. The third kappa shape index (κ3) is 3.88. The van der Waals surface area contributed by atoms with E-state index in [0.717, 1.165) is 0 Å². The van der Waals surface area contributed by atoms with Crippen LogP contribution in [0.2, 0.25) is 0 Å². The number of hydrogen-bond acceptors (Lipinski definition) is 2. The zero-order valence-electron chi connectivity index (χ0n) is 5.23. The Morgan fingerprint density at radius 1 is 1.44 bits per heavy atom. The number of esters is 1. The predicted molar refractivity (Wildman–Crippen MR) is 26.9 cm³/mol. The maximum atomic E-state index is 11.2. The third-order valence-corrected chi connectivity index (χ3v) is 0.677. The van der Waals surface area contributed by atoms with E-state index in [2.05, 4.69) is 4.74 Å². The van der Waals surface area contributed by atoms with Crippen molar-refractivity contribution in [2.75, 3.05) is 0 Å². The van der Waals surface area contributed by atoms with Crippen LogP contribution in [0.3, 0.4) is 0 Å². The average molecular weight is 138 g/mol. The fourth-order valence-electron chi connectivity index (χ4n) is 0.224. The maximum Gasteiger partial charge on any atom is 0.389 e. The molecule has 0 bridgehead atoms. The lowest BCUT2D eigenvalue weighted by Gasteiger charge is -2.03. The molecule has 0 saturated carbocycles. The SMILES string of the molecule is CC(C)C(=O)OC(F)F. The minimum atomic E-state index is -2.99. The van der Waals surface area contributed by atoms with E-state index < -0.39 is 18.5 Å². The molecule has 0 radical (unpaired) electrons. The van der Waals surface area contributed by atoms with Crippen LogP contribution in [0, 0.1) is 5.92 Å². The van der Waals surface area contributed by atoms with Crippen molar-refractivity contribution in [3.05, 3.63) is 0 Å². The van der Waals surface area contributed by atoms with Crippen molar-refractivity contribution < 1.29 is 18.3 Å². The molecule has 2 nitrogen and oxygen atoms in total. The van der Waals surface area contributed by atoms with Crippen LogP contribution in [-0.2, 0) is 9.53 Å². The zero-order chi connectivity index (χ0) is 7.44. The van der Waals surface area contributed by atoms with Crippen molar-refractivity contribution >= 4 is 5.97 Å². The summed E-state index contributed by atoms with van der Waals surface area (Å²) in [6.07, 6.45) is 0. The number of rotatable bonds is 2. The first kappa shape index (κ1) is 8.33. The summed E-state index contributed by atoms with van der Waals surface area (Å²) in [6, 6.07) is 0. The highest BCUT2D eigenvalue weighted by atomic mass is 19.3. The highest BCUT2D eigenvalue weighted by Gasteiger charge is 2.13. The van der Waals surface area contributed by atoms with Crippen molar-refractivity contribution in [1.82, 2.24) is 0 Å². The van der Waals surface area contributed by atoms with Gasteiger partial charge in [-0.3, -0.25) is 4.79 Å². The van der Waals surface area contributed by atoms with E-state index in [-0.39, 0.29) is 0 Å². The summed E-state index contributed by atoms with van der Waals surface area (Å²) in [6.45, 7) is -0.00463. The fraction of sp³-hybridized carbons (Fsp3) is 0.800. The number of ether oxygens (including phenoxy) is 1. The normalized spacial score (nSPS) is 10.4. The molecule has 0 amide bonds. The molecule has 0 unspecified atom stereocenters. The van der Waals surface area contributed by atoms with Gasteiger partial charge in [0.25, 0.3) is 0 Å². The second-order valence-electron chi connectivity index (χ2n) is 1.85. The van der Waals surface area contributed by atoms with Crippen molar-refractivity contribution in [2.45, 2.75) is 20.5 Å². The number of alkyl halides is 2. The molecule has 0 aromatic heterocycles. The van der Waals surface area contributed by atoms with Gasteiger partial charge in [0.05, 0.1) is 5.92 Å². The zero-order valence-corrected chi connectivity index (χ0v) is 5.23. The van der Waals surface area contributed by atoms with E-state index in [1.165, 1.54) is 13.8 Å². The Hall–Kier alpha value is -0.670. The lowest BCUT2D eigenvalue weighted by molar-refractivity contribution is -0.179. The van der Waals surface area contributed by atoms with Gasteiger partial charge in [-0.15, -0.1) is 0 Å². The molecule has 0 aromatic rings. The second kappa shape index (κ2) is 3.37. The Kier molecular flexibility index (Phi) is 3.12. The number of hydrogen-bond donors (Lipinski definition) is 0. The van der Waals surface area contributed by atoms with Crippen molar-refractivity contribution in [1.29, 1.82) is 0 Å². The number of carbonyl (C=O) groups is 1. The van der Waals surface area contributed by atoms with E-state index in [1.807, 2.05) is 0 Å². The van der Waals surface area contributed by atoms with Gasteiger partial charge in [-0.05, 0) is 0 Å². The smallest absolute Gasteiger partial charge is 0.389 e. The minimum Gasteiger partial charge on any atom is -0.403 e. The second-order valence-corrected chi connectivity index (χ2v) is 1.85. The Morgan fingerprint density at radius 3 is 2.00 bits per heavy atom. The molecule has 0 spiro atoms. The topological polar surface area (TPSA) is 26.3 Å². The standard InChI is InChI=1S/C5H8F2O2/c1-3(2)4(8)9-5(6)7/h3,5H,1-2H3. The number of halogens is 2. The Balaban J connectivity index is 3.51. The van der Waals surface area contributed by atoms with Gasteiger partial charge in [0, 0.05) is 0 Å². The molecule has 0 heterocycles. The van der Waals surface area contributed by atoms with Gasteiger partial charge in [-0.25, -0.2) is 0 Å². The van der Waals surface area contributed by atoms with Crippen LogP contribution < -0.4 is 0 Å². The lowest BCUT2D eigenvalue weighted by atomic mass is 10.2. The van der Waals surface area contributed by atoms with Gasteiger partial charge < -0.3 is 4.74 Å². The van der Waals surface area contributed by atoms with Crippen LogP contribution in [0.5, 0.6) is 0 Å². The molecule has 0 N–H and O–H groups in total. The molecule has 0 rings (SSSR count). The summed E-state index contributed by atoms with van der Waals surface area (Å²) in [4.78, 5) is 10.3. The highest BCUT2D eigenvalue weighted by molar-refractivity contribution is 5.71. The van der Waals surface area contributed by atoms with Gasteiger partial charge in [-0.2, -0.15) is 8.78 Å². The van der Waals surface area contributed by atoms with Gasteiger partial charge in [0.1, 0.15) is 0 Å². The molecule has 0 aliphatic carbocycles. The maximum absolute atomic E-state index is 11.2. The molecule has 0 aliphatic rings. The fourth-order valence-corrected chi connectivity index (χ4v) is 0.224. The van der Waals surface area contributed by atoms with E-state index in [0.29, 0.717) is 0 Å². The molecule has 4 heteroatoms. The van der Waals surface area contributed by atoms with Crippen LogP contribution in [0.15, 0.2) is 0 Å². The summed E-state index contributed by atoms with van der Waals surface area (Å²) in [7, 11) is 0. The highest BCUT2D eigenvalue weighted by Crippen LogP contribution is 2.01. The minimum absolute atomic E-state index is 0.487. The van der Waals surface area contributed by atoms with E-state index >= 15 is 0 Å². The number of carbonyl (C=O) groups excluding carboxylic acids is 1.